The van der Waals surface area contributed by atoms with Crippen LogP contribution in [-0.2, 0) is 0 Å². The first-order valence-electron chi connectivity index (χ1n) is 5.16. The first-order valence-corrected chi connectivity index (χ1v) is 5.16. The van der Waals surface area contributed by atoms with E-state index in [0.29, 0.717) is 11.5 Å². The van der Waals surface area contributed by atoms with Crippen molar-refractivity contribution in [1.29, 1.82) is 0 Å². The van der Waals surface area contributed by atoms with E-state index in [2.05, 4.69) is 19.2 Å². The minimum atomic E-state index is 0.485. The molecule has 0 bridgehead atoms. The Morgan fingerprint density at radius 3 is 2.58 bits per heavy atom. The van der Waals surface area contributed by atoms with Gasteiger partial charge in [-0.3, -0.25) is 0 Å². The predicted molar refractivity (Wildman–Crippen MR) is 53.1 cm³/mol. The topological polar surface area (TPSA) is 38.0 Å². The molecule has 0 aromatic carbocycles. The first-order chi connectivity index (χ1) is 5.72. The second kappa shape index (κ2) is 4.24. The number of nitrogens with two attached hydrogens (primary N) is 1. The highest BCUT2D eigenvalue weighted by atomic mass is 14.9. The van der Waals surface area contributed by atoms with E-state index >= 15 is 0 Å². The first kappa shape index (κ1) is 10.0. The molecule has 12 heavy (non-hydrogen) atoms. The number of rotatable bonds is 6. The second-order valence-corrected chi connectivity index (χ2v) is 4.27. The van der Waals surface area contributed by atoms with Gasteiger partial charge in [0.1, 0.15) is 0 Å². The van der Waals surface area contributed by atoms with Crippen LogP contribution in [0.4, 0.5) is 0 Å². The summed E-state index contributed by atoms with van der Waals surface area (Å²) in [7, 11) is 0. The van der Waals surface area contributed by atoms with Crippen LogP contribution in [0.5, 0.6) is 0 Å². The quantitative estimate of drug-likeness (QED) is 0.634. The Morgan fingerprint density at radius 1 is 1.50 bits per heavy atom. The lowest BCUT2D eigenvalue weighted by Gasteiger charge is -2.18. The third-order valence-corrected chi connectivity index (χ3v) is 2.92. The average molecular weight is 170 g/mol. The average Bonchev–Trinajstić information content (AvgIpc) is 2.82. The fourth-order valence-corrected chi connectivity index (χ4v) is 1.70. The van der Waals surface area contributed by atoms with Gasteiger partial charge in [-0.1, -0.05) is 13.3 Å². The summed E-state index contributed by atoms with van der Waals surface area (Å²) in [5.41, 5.74) is 6.20. The van der Waals surface area contributed by atoms with Crippen molar-refractivity contribution in [3.05, 3.63) is 0 Å². The van der Waals surface area contributed by atoms with Crippen LogP contribution in [0.2, 0.25) is 0 Å². The van der Waals surface area contributed by atoms with Crippen molar-refractivity contribution in [2.75, 3.05) is 13.1 Å². The third-order valence-electron chi connectivity index (χ3n) is 2.92. The standard InChI is InChI=1S/C10H22N2/c1-3-4-10(5-6-10)8-12-9(2)7-11/h9,12H,3-8,11H2,1-2H3. The van der Waals surface area contributed by atoms with Gasteiger partial charge in [0.15, 0.2) is 0 Å². The van der Waals surface area contributed by atoms with Crippen molar-refractivity contribution < 1.29 is 0 Å². The zero-order chi connectivity index (χ0) is 9.03. The van der Waals surface area contributed by atoms with Crippen molar-refractivity contribution in [2.24, 2.45) is 11.1 Å². The maximum absolute atomic E-state index is 5.53. The molecule has 0 radical (unpaired) electrons. The molecule has 0 amide bonds. The van der Waals surface area contributed by atoms with Crippen LogP contribution >= 0.6 is 0 Å². The fourth-order valence-electron chi connectivity index (χ4n) is 1.70. The summed E-state index contributed by atoms with van der Waals surface area (Å²) < 4.78 is 0. The van der Waals surface area contributed by atoms with E-state index in [4.69, 9.17) is 5.73 Å². The highest BCUT2D eigenvalue weighted by Crippen LogP contribution is 2.48. The van der Waals surface area contributed by atoms with Gasteiger partial charge in [-0.25, -0.2) is 0 Å². The lowest BCUT2D eigenvalue weighted by atomic mass is 10.0. The molecule has 0 aliphatic heterocycles. The molecule has 1 unspecified atom stereocenters. The van der Waals surface area contributed by atoms with E-state index in [9.17, 15) is 0 Å². The molecule has 72 valence electrons. The van der Waals surface area contributed by atoms with Crippen molar-refractivity contribution >= 4 is 0 Å². The Labute approximate surface area is 75.9 Å². The molecule has 0 aromatic rings. The van der Waals surface area contributed by atoms with Gasteiger partial charge in [0.05, 0.1) is 0 Å². The molecule has 0 aromatic heterocycles. The molecular weight excluding hydrogens is 148 g/mol. The molecule has 1 aliphatic carbocycles. The van der Waals surface area contributed by atoms with E-state index in [0.717, 1.165) is 6.54 Å². The van der Waals surface area contributed by atoms with E-state index in [-0.39, 0.29) is 0 Å². The molecule has 1 saturated carbocycles. The minimum Gasteiger partial charge on any atom is -0.329 e. The molecule has 1 atom stereocenters. The minimum absolute atomic E-state index is 0.485. The normalized spacial score (nSPS) is 22.2. The van der Waals surface area contributed by atoms with Crippen LogP contribution in [0.15, 0.2) is 0 Å². The molecule has 1 rings (SSSR count). The van der Waals surface area contributed by atoms with E-state index < -0.39 is 0 Å². The maximum Gasteiger partial charge on any atom is 0.0162 e. The van der Waals surface area contributed by atoms with E-state index in [1.54, 1.807) is 0 Å². The Bertz CT molecular complexity index is 130. The summed E-state index contributed by atoms with van der Waals surface area (Å²) in [6, 6.07) is 0.485. The smallest absolute Gasteiger partial charge is 0.0162 e. The SMILES string of the molecule is CCCC1(CNC(C)CN)CC1. The summed E-state index contributed by atoms with van der Waals surface area (Å²) in [4.78, 5) is 0. The van der Waals surface area contributed by atoms with Crippen molar-refractivity contribution in [3.63, 3.8) is 0 Å². The van der Waals surface area contributed by atoms with Crippen LogP contribution in [0, 0.1) is 5.41 Å². The maximum atomic E-state index is 5.53. The third kappa shape index (κ3) is 2.76. The Hall–Kier alpha value is -0.0800. The molecule has 3 N–H and O–H groups in total. The zero-order valence-corrected chi connectivity index (χ0v) is 8.40. The second-order valence-electron chi connectivity index (χ2n) is 4.27. The highest BCUT2D eigenvalue weighted by molar-refractivity contribution is 4.94. The Morgan fingerprint density at radius 2 is 2.17 bits per heavy atom. The van der Waals surface area contributed by atoms with Gasteiger partial charge < -0.3 is 11.1 Å². The highest BCUT2D eigenvalue weighted by Gasteiger charge is 2.40. The fraction of sp³-hybridized carbons (Fsp3) is 1.00. The number of nitrogens with one attached hydrogen (secondary N) is 1. The number of hydrogen-bond donors (Lipinski definition) is 2. The Balaban J connectivity index is 2.13. The monoisotopic (exact) mass is 170 g/mol. The summed E-state index contributed by atoms with van der Waals surface area (Å²) in [6.07, 6.45) is 5.55. The van der Waals surface area contributed by atoms with Gasteiger partial charge in [0, 0.05) is 19.1 Å². The lowest BCUT2D eigenvalue weighted by molar-refractivity contribution is 0.396. The van der Waals surface area contributed by atoms with Crippen LogP contribution in [0.3, 0.4) is 0 Å². The molecular formula is C10H22N2. The van der Waals surface area contributed by atoms with Crippen LogP contribution in [0.1, 0.15) is 39.5 Å². The van der Waals surface area contributed by atoms with Crippen LogP contribution in [-0.4, -0.2) is 19.1 Å². The molecule has 1 fully saturated rings. The summed E-state index contributed by atoms with van der Waals surface area (Å²) >= 11 is 0. The van der Waals surface area contributed by atoms with Gasteiger partial charge in [-0.15, -0.1) is 0 Å². The zero-order valence-electron chi connectivity index (χ0n) is 8.40. The summed E-state index contributed by atoms with van der Waals surface area (Å²) in [5.74, 6) is 0. The molecule has 1 aliphatic rings. The van der Waals surface area contributed by atoms with Crippen LogP contribution in [0.25, 0.3) is 0 Å². The molecule has 2 nitrogen and oxygen atoms in total. The van der Waals surface area contributed by atoms with Gasteiger partial charge in [-0.2, -0.15) is 0 Å². The van der Waals surface area contributed by atoms with Gasteiger partial charge in [0.25, 0.3) is 0 Å². The van der Waals surface area contributed by atoms with Crippen LogP contribution < -0.4 is 11.1 Å². The van der Waals surface area contributed by atoms with E-state index in [1.807, 2.05) is 0 Å². The Kier molecular flexibility index (Phi) is 3.53. The summed E-state index contributed by atoms with van der Waals surface area (Å²) in [6.45, 7) is 6.36. The van der Waals surface area contributed by atoms with Gasteiger partial charge >= 0.3 is 0 Å². The predicted octanol–water partition coefficient (Wildman–Crippen LogP) is 1.50. The molecule has 0 heterocycles. The van der Waals surface area contributed by atoms with Gasteiger partial charge in [0.2, 0.25) is 0 Å². The molecule has 2 heteroatoms. The molecule has 0 saturated heterocycles. The van der Waals surface area contributed by atoms with Crippen molar-refractivity contribution in [3.8, 4) is 0 Å². The molecule has 0 spiro atoms. The van der Waals surface area contributed by atoms with Crippen molar-refractivity contribution in [2.45, 2.75) is 45.6 Å². The van der Waals surface area contributed by atoms with Crippen molar-refractivity contribution in [1.82, 2.24) is 5.32 Å². The lowest BCUT2D eigenvalue weighted by Crippen LogP contribution is -2.37. The summed E-state index contributed by atoms with van der Waals surface area (Å²) in [5, 5.41) is 3.49. The largest absolute Gasteiger partial charge is 0.329 e. The van der Waals surface area contributed by atoms with E-state index in [1.165, 1.54) is 32.2 Å². The van der Waals surface area contributed by atoms with Gasteiger partial charge in [-0.05, 0) is 31.6 Å². The number of hydrogen-bond acceptors (Lipinski definition) is 2.